The summed E-state index contributed by atoms with van der Waals surface area (Å²) in [5.41, 5.74) is 1.66. The van der Waals surface area contributed by atoms with Gasteiger partial charge >= 0.3 is 5.97 Å². The predicted molar refractivity (Wildman–Crippen MR) is 124 cm³/mol. The summed E-state index contributed by atoms with van der Waals surface area (Å²) in [5.74, 6) is 0.863. The van der Waals surface area contributed by atoms with Crippen molar-refractivity contribution in [3.8, 4) is 17.2 Å². The van der Waals surface area contributed by atoms with Gasteiger partial charge in [0.05, 0.1) is 44.6 Å². The van der Waals surface area contributed by atoms with Crippen molar-refractivity contribution in [3.63, 3.8) is 0 Å². The van der Waals surface area contributed by atoms with Crippen LogP contribution in [0.15, 0.2) is 46.3 Å². The first kappa shape index (κ1) is 23.2. The SMILES string of the molecule is CCN1C(=O)C(=Cc2cc(OC)c(OC)c(OC)c2)SC1=Nc1cccc(C(=O)OC)c1. The molecule has 8 nitrogen and oxygen atoms in total. The van der Waals surface area contributed by atoms with Crippen LogP contribution in [0.4, 0.5) is 5.69 Å². The van der Waals surface area contributed by atoms with Crippen molar-refractivity contribution in [3.05, 3.63) is 52.4 Å². The van der Waals surface area contributed by atoms with Gasteiger partial charge in [-0.3, -0.25) is 9.69 Å². The molecule has 1 heterocycles. The van der Waals surface area contributed by atoms with Crippen LogP contribution in [0.3, 0.4) is 0 Å². The van der Waals surface area contributed by atoms with E-state index in [1.807, 2.05) is 6.92 Å². The Morgan fingerprint density at radius 3 is 2.31 bits per heavy atom. The fourth-order valence-corrected chi connectivity index (χ4v) is 4.20. The van der Waals surface area contributed by atoms with Gasteiger partial charge in [0.1, 0.15) is 0 Å². The Morgan fingerprint density at radius 1 is 1.06 bits per heavy atom. The molecule has 32 heavy (non-hydrogen) atoms. The fourth-order valence-electron chi connectivity index (χ4n) is 3.14. The lowest BCUT2D eigenvalue weighted by atomic mass is 10.1. The molecule has 1 saturated heterocycles. The molecule has 1 aliphatic heterocycles. The number of methoxy groups -OCH3 is 4. The quantitative estimate of drug-likeness (QED) is 0.457. The van der Waals surface area contributed by atoms with Gasteiger partial charge in [0.2, 0.25) is 5.75 Å². The predicted octanol–water partition coefficient (Wildman–Crippen LogP) is 4.12. The van der Waals surface area contributed by atoms with Crippen molar-refractivity contribution in [2.75, 3.05) is 35.0 Å². The molecular formula is C23H24N2O6S. The zero-order valence-electron chi connectivity index (χ0n) is 18.5. The first-order valence-electron chi connectivity index (χ1n) is 9.74. The van der Waals surface area contributed by atoms with E-state index in [0.29, 0.717) is 45.1 Å². The highest BCUT2D eigenvalue weighted by molar-refractivity contribution is 8.18. The lowest BCUT2D eigenvalue weighted by Crippen LogP contribution is -2.28. The van der Waals surface area contributed by atoms with Gasteiger partial charge in [-0.1, -0.05) is 6.07 Å². The second-order valence-corrected chi connectivity index (χ2v) is 7.56. The summed E-state index contributed by atoms with van der Waals surface area (Å²) in [6.07, 6.45) is 1.76. The number of thioether (sulfide) groups is 1. The Bertz CT molecular complexity index is 1070. The third kappa shape index (κ3) is 4.72. The van der Waals surface area contributed by atoms with Crippen molar-refractivity contribution in [2.45, 2.75) is 6.92 Å². The number of hydrogen-bond donors (Lipinski definition) is 0. The van der Waals surface area contributed by atoms with Gasteiger partial charge in [0.15, 0.2) is 16.7 Å². The van der Waals surface area contributed by atoms with E-state index in [0.717, 1.165) is 5.56 Å². The second-order valence-electron chi connectivity index (χ2n) is 6.56. The number of hydrogen-bond acceptors (Lipinski definition) is 8. The van der Waals surface area contributed by atoms with Crippen molar-refractivity contribution in [1.29, 1.82) is 0 Å². The van der Waals surface area contributed by atoms with Gasteiger partial charge < -0.3 is 18.9 Å². The van der Waals surface area contributed by atoms with E-state index in [1.165, 1.54) is 40.2 Å². The molecule has 1 amide bonds. The van der Waals surface area contributed by atoms with E-state index < -0.39 is 5.97 Å². The van der Waals surface area contributed by atoms with E-state index in [4.69, 9.17) is 18.9 Å². The molecular weight excluding hydrogens is 432 g/mol. The van der Waals surface area contributed by atoms with Gasteiger partial charge in [-0.15, -0.1) is 0 Å². The molecule has 3 rings (SSSR count). The van der Waals surface area contributed by atoms with Crippen LogP contribution in [0.2, 0.25) is 0 Å². The molecule has 0 spiro atoms. The first-order valence-corrected chi connectivity index (χ1v) is 10.6. The van der Waals surface area contributed by atoms with Gasteiger partial charge in [0, 0.05) is 6.54 Å². The van der Waals surface area contributed by atoms with Crippen LogP contribution in [0.25, 0.3) is 6.08 Å². The lowest BCUT2D eigenvalue weighted by Gasteiger charge is -2.13. The summed E-state index contributed by atoms with van der Waals surface area (Å²) in [5, 5.41) is 0.526. The van der Waals surface area contributed by atoms with Crippen LogP contribution < -0.4 is 14.2 Å². The Kier molecular flexibility index (Phi) is 7.42. The standard InChI is InChI=1S/C23H24N2O6S/c1-6-25-21(26)19(12-14-10-17(28-2)20(30-4)18(11-14)29-3)32-23(25)24-16-9-7-8-15(13-16)22(27)31-5/h7-13H,6H2,1-5H3. The molecule has 1 aliphatic rings. The zero-order valence-corrected chi connectivity index (χ0v) is 19.3. The average Bonchev–Trinajstić information content (AvgIpc) is 3.11. The molecule has 0 aliphatic carbocycles. The minimum Gasteiger partial charge on any atom is -0.493 e. The molecule has 0 aromatic heterocycles. The Morgan fingerprint density at radius 2 is 1.75 bits per heavy atom. The first-order chi connectivity index (χ1) is 15.4. The van der Waals surface area contributed by atoms with Gasteiger partial charge in [-0.2, -0.15) is 0 Å². The van der Waals surface area contributed by atoms with Crippen LogP contribution in [0, 0.1) is 0 Å². The van der Waals surface area contributed by atoms with Crippen LogP contribution in [-0.2, 0) is 9.53 Å². The van der Waals surface area contributed by atoms with E-state index in [2.05, 4.69) is 4.99 Å². The smallest absolute Gasteiger partial charge is 0.337 e. The normalized spacial score (nSPS) is 15.9. The molecule has 0 unspecified atom stereocenters. The van der Waals surface area contributed by atoms with Crippen molar-refractivity contribution >= 4 is 40.6 Å². The summed E-state index contributed by atoms with van der Waals surface area (Å²) in [4.78, 5) is 31.5. The number of aliphatic imine (C=N–C) groups is 1. The van der Waals surface area contributed by atoms with Crippen LogP contribution in [-0.4, -0.2) is 56.9 Å². The Labute approximate surface area is 190 Å². The number of benzene rings is 2. The lowest BCUT2D eigenvalue weighted by molar-refractivity contribution is -0.122. The fraction of sp³-hybridized carbons (Fsp3) is 0.261. The molecule has 2 aromatic carbocycles. The Hall–Kier alpha value is -3.46. The highest BCUT2D eigenvalue weighted by Gasteiger charge is 2.32. The van der Waals surface area contributed by atoms with Crippen molar-refractivity contribution < 1.29 is 28.5 Å². The molecule has 9 heteroatoms. The second kappa shape index (κ2) is 10.2. The van der Waals surface area contributed by atoms with E-state index in [9.17, 15) is 9.59 Å². The number of likely N-dealkylation sites (N-methyl/N-ethyl adjacent to an activating group) is 1. The van der Waals surface area contributed by atoms with Gasteiger partial charge in [0.25, 0.3) is 5.91 Å². The zero-order chi connectivity index (χ0) is 23.3. The minimum absolute atomic E-state index is 0.158. The molecule has 1 fully saturated rings. The summed E-state index contributed by atoms with van der Waals surface area (Å²) in [6.45, 7) is 2.33. The van der Waals surface area contributed by atoms with E-state index >= 15 is 0 Å². The van der Waals surface area contributed by atoms with Crippen LogP contribution in [0.1, 0.15) is 22.8 Å². The maximum Gasteiger partial charge on any atom is 0.337 e. The maximum absolute atomic E-state index is 13.0. The number of amides is 1. The van der Waals surface area contributed by atoms with Gasteiger partial charge in [-0.25, -0.2) is 9.79 Å². The maximum atomic E-state index is 13.0. The van der Waals surface area contributed by atoms with E-state index in [1.54, 1.807) is 47.4 Å². The third-order valence-electron chi connectivity index (χ3n) is 4.68. The average molecular weight is 457 g/mol. The summed E-state index contributed by atoms with van der Waals surface area (Å²) < 4.78 is 20.9. The third-order valence-corrected chi connectivity index (χ3v) is 5.69. The molecule has 0 radical (unpaired) electrons. The number of rotatable bonds is 7. The van der Waals surface area contributed by atoms with Gasteiger partial charge in [-0.05, 0) is 60.7 Å². The Balaban J connectivity index is 1.98. The number of carbonyl (C=O) groups excluding carboxylic acids is 2. The molecule has 2 aromatic rings. The number of amidine groups is 1. The highest BCUT2D eigenvalue weighted by atomic mass is 32.2. The van der Waals surface area contributed by atoms with Crippen molar-refractivity contribution in [1.82, 2.24) is 4.90 Å². The molecule has 0 saturated carbocycles. The number of ether oxygens (including phenoxy) is 4. The summed E-state index contributed by atoms with van der Waals surface area (Å²) in [6, 6.07) is 10.3. The largest absolute Gasteiger partial charge is 0.493 e. The molecule has 0 bridgehead atoms. The van der Waals surface area contributed by atoms with Crippen LogP contribution in [0.5, 0.6) is 17.2 Å². The van der Waals surface area contributed by atoms with Crippen molar-refractivity contribution in [2.24, 2.45) is 4.99 Å². The van der Waals surface area contributed by atoms with Crippen LogP contribution >= 0.6 is 11.8 Å². The minimum atomic E-state index is -0.447. The summed E-state index contributed by atoms with van der Waals surface area (Å²) in [7, 11) is 5.93. The monoisotopic (exact) mass is 456 g/mol. The number of carbonyl (C=O) groups is 2. The number of nitrogens with zero attached hydrogens (tertiary/aromatic N) is 2. The summed E-state index contributed by atoms with van der Waals surface area (Å²) >= 11 is 1.26. The highest BCUT2D eigenvalue weighted by Crippen LogP contribution is 2.40. The molecule has 168 valence electrons. The topological polar surface area (TPSA) is 86.7 Å². The van der Waals surface area contributed by atoms with E-state index in [-0.39, 0.29) is 5.91 Å². The molecule has 0 N–H and O–H groups in total. The number of esters is 1. The molecule has 0 atom stereocenters.